The Bertz CT molecular complexity index is 5000. The number of fused-ring (bicyclic) bond motifs is 9. The van der Waals surface area contributed by atoms with Crippen molar-refractivity contribution in [3.63, 3.8) is 0 Å². The molecule has 1 unspecified atom stereocenters. The maximum absolute atomic E-state index is 6.69. The van der Waals surface area contributed by atoms with Crippen molar-refractivity contribution in [2.24, 2.45) is 9.98 Å². The van der Waals surface area contributed by atoms with Gasteiger partial charge in [0.25, 0.3) is 0 Å². The lowest BCUT2D eigenvalue weighted by Gasteiger charge is -2.40. The monoisotopic (exact) mass is 1130 g/mol. The highest BCUT2D eigenvalue weighted by molar-refractivity contribution is 6.20. The highest BCUT2D eigenvalue weighted by Gasteiger charge is 2.42. The molecule has 0 aliphatic rings. The summed E-state index contributed by atoms with van der Waals surface area (Å²) >= 11 is 0. The summed E-state index contributed by atoms with van der Waals surface area (Å²) in [5.41, 5.74) is 18.5. The summed E-state index contributed by atoms with van der Waals surface area (Å²) in [4.78, 5) is 11.8. The average molecular weight is 1140 g/mol. The van der Waals surface area contributed by atoms with Gasteiger partial charge in [-0.1, -0.05) is 244 Å². The summed E-state index contributed by atoms with van der Waals surface area (Å²) in [5.74, 6) is 1.19. The van der Waals surface area contributed by atoms with E-state index in [1.54, 1.807) is 0 Å². The van der Waals surface area contributed by atoms with E-state index in [0.29, 0.717) is 18.1 Å². The number of hydrogen-bond donors (Lipinski definition) is 1. The predicted molar refractivity (Wildman–Crippen MR) is 368 cm³/mol. The fraction of sp³-hybridized carbons (Fsp3) is 0.0732. The number of amidine groups is 2. The molecule has 15 aromatic rings. The van der Waals surface area contributed by atoms with Crippen molar-refractivity contribution in [1.29, 1.82) is 0 Å². The van der Waals surface area contributed by atoms with E-state index in [2.05, 4.69) is 290 Å². The zero-order valence-corrected chi connectivity index (χ0v) is 49.1. The molecule has 0 saturated carbocycles. The Hall–Kier alpha value is -11.1. The number of nitrogens with one attached hydrogen (secondary N) is 1. The lowest BCUT2D eigenvalue weighted by molar-refractivity contribution is 0.418. The van der Waals surface area contributed by atoms with Crippen molar-refractivity contribution in [2.45, 2.75) is 25.3 Å². The number of allylic oxidation sites excluding steroid dienone is 1. The first kappa shape index (κ1) is 53.6. The van der Waals surface area contributed by atoms with Crippen LogP contribution in [0.25, 0.3) is 116 Å². The van der Waals surface area contributed by atoms with Gasteiger partial charge in [-0.3, -0.25) is 4.99 Å². The number of benzene rings is 12. The van der Waals surface area contributed by atoms with E-state index in [1.165, 1.54) is 5.56 Å². The molecule has 0 aliphatic carbocycles. The van der Waals surface area contributed by atoms with Crippen LogP contribution in [0.4, 0.5) is 0 Å². The summed E-state index contributed by atoms with van der Waals surface area (Å²) in [6, 6.07) is 105. The zero-order chi connectivity index (χ0) is 59.0. The van der Waals surface area contributed by atoms with Crippen LogP contribution in [0, 0.1) is 0 Å². The lowest BCUT2D eigenvalue weighted by Crippen LogP contribution is -2.41. The van der Waals surface area contributed by atoms with Crippen LogP contribution in [0.3, 0.4) is 0 Å². The molecule has 15 rings (SSSR count). The van der Waals surface area contributed by atoms with E-state index in [-0.39, 0.29) is 6.54 Å². The lowest BCUT2D eigenvalue weighted by atomic mass is 9.78. The molecule has 0 amide bonds. The van der Waals surface area contributed by atoms with Crippen LogP contribution in [0.1, 0.15) is 35.6 Å². The quantitative estimate of drug-likeness (QED) is 0.0871. The van der Waals surface area contributed by atoms with E-state index in [4.69, 9.17) is 18.8 Å². The largest absolute Gasteiger partial charge is 0.456 e. The zero-order valence-electron chi connectivity index (χ0n) is 49.1. The first-order chi connectivity index (χ1) is 43.5. The molecule has 0 fully saturated rings. The standard InChI is InChI=1S/C82H62N4O2/c1-3-26-73(60-37-20-9-21-38-60)82(53-55-27-10-4-11-28-55,54-84-81(62-44-46-68-66-40-23-25-42-75(66)88-77(68)52-62)85-80(83-2)61-43-45-67-65-39-22-24-41-74(65)87-76(67)51-61)86-78-69(58-33-16-7-17-34-58)47-63(56-29-12-5-13-30-56)49-71(78)72-50-64(57-31-14-6-15-32-57)48-70(79(72)86)59-35-18-8-19-36-59/h4-52H,3,53-54H2,1-2H3,(H,83,84,85)/b73-26-. The minimum absolute atomic E-state index is 0.251. The van der Waals surface area contributed by atoms with Gasteiger partial charge in [0, 0.05) is 68.0 Å². The van der Waals surface area contributed by atoms with Crippen molar-refractivity contribution in [2.75, 3.05) is 13.6 Å². The number of hydrogen-bond acceptors (Lipinski definition) is 3. The second-order valence-corrected chi connectivity index (χ2v) is 22.7. The van der Waals surface area contributed by atoms with Gasteiger partial charge >= 0.3 is 0 Å². The predicted octanol–water partition coefficient (Wildman–Crippen LogP) is 20.8. The smallest absolute Gasteiger partial charge is 0.157 e. The van der Waals surface area contributed by atoms with Gasteiger partial charge in [0.2, 0.25) is 0 Å². The van der Waals surface area contributed by atoms with Crippen LogP contribution < -0.4 is 5.32 Å². The van der Waals surface area contributed by atoms with Gasteiger partial charge in [-0.05, 0) is 117 Å². The molecular formula is C82H62N4O2. The number of furan rings is 2. The molecule has 6 heteroatoms. The third kappa shape index (κ3) is 9.75. The summed E-state index contributed by atoms with van der Waals surface area (Å²) in [5, 5.41) is 10.0. The van der Waals surface area contributed by atoms with Crippen molar-refractivity contribution < 1.29 is 8.83 Å². The van der Waals surface area contributed by atoms with Gasteiger partial charge in [-0.2, -0.15) is 0 Å². The summed E-state index contributed by atoms with van der Waals surface area (Å²) in [6.45, 7) is 2.51. The Kier molecular flexibility index (Phi) is 14.1. The minimum atomic E-state index is -0.995. The Balaban J connectivity index is 1.11. The third-order valence-electron chi connectivity index (χ3n) is 17.3. The summed E-state index contributed by atoms with van der Waals surface area (Å²) in [6.07, 6.45) is 3.77. The van der Waals surface area contributed by atoms with Crippen molar-refractivity contribution in [3.8, 4) is 44.5 Å². The Morgan fingerprint density at radius 1 is 0.409 bits per heavy atom. The highest BCUT2D eigenvalue weighted by Crippen LogP contribution is 2.51. The van der Waals surface area contributed by atoms with Crippen LogP contribution in [0.5, 0.6) is 0 Å². The van der Waals surface area contributed by atoms with E-state index >= 15 is 0 Å². The average Bonchev–Trinajstić information content (AvgIpc) is 1.54. The second-order valence-electron chi connectivity index (χ2n) is 22.7. The second kappa shape index (κ2) is 23.1. The molecule has 1 N–H and O–H groups in total. The molecule has 0 spiro atoms. The van der Waals surface area contributed by atoms with E-state index in [1.807, 2.05) is 31.3 Å². The number of aliphatic imine (C=N–C) groups is 2. The third-order valence-corrected chi connectivity index (χ3v) is 17.3. The molecule has 0 aliphatic heterocycles. The first-order valence-corrected chi connectivity index (χ1v) is 30.3. The molecule has 0 radical (unpaired) electrons. The molecular weight excluding hydrogens is 1070 g/mol. The SMILES string of the molecule is CC/C=C(/c1ccccc1)C(CN=C(N=C(NC)c1ccc2c(c1)oc1ccccc12)c1ccc2c(c1)oc1ccccc12)(Cc1ccccc1)n1c2c(-c3ccccc3)cc(-c3ccccc3)cc2c2cc(-c3ccccc3)cc(-c3ccccc3)c21. The molecule has 12 aromatic carbocycles. The molecule has 1 atom stereocenters. The van der Waals surface area contributed by atoms with Gasteiger partial charge < -0.3 is 18.7 Å². The van der Waals surface area contributed by atoms with Crippen LogP contribution in [0.2, 0.25) is 0 Å². The molecule has 6 nitrogen and oxygen atoms in total. The van der Waals surface area contributed by atoms with Gasteiger partial charge in [0.15, 0.2) is 5.84 Å². The topological polar surface area (TPSA) is 68.0 Å². The van der Waals surface area contributed by atoms with Crippen LogP contribution in [0.15, 0.2) is 316 Å². The van der Waals surface area contributed by atoms with Gasteiger partial charge in [0.1, 0.15) is 28.2 Å². The number of para-hydroxylation sites is 2. The maximum atomic E-state index is 6.69. The fourth-order valence-corrected chi connectivity index (χ4v) is 13.3. The van der Waals surface area contributed by atoms with Gasteiger partial charge in [-0.15, -0.1) is 0 Å². The number of nitrogens with zero attached hydrogens (tertiary/aromatic N) is 3. The first-order valence-electron chi connectivity index (χ1n) is 30.3. The molecule has 0 saturated heterocycles. The Morgan fingerprint density at radius 2 is 0.841 bits per heavy atom. The molecule has 3 aromatic heterocycles. The summed E-state index contributed by atoms with van der Waals surface area (Å²) < 4.78 is 15.9. The van der Waals surface area contributed by atoms with Crippen molar-refractivity contribution >= 4 is 82.9 Å². The van der Waals surface area contributed by atoms with E-state index < -0.39 is 5.54 Å². The van der Waals surface area contributed by atoms with Gasteiger partial charge in [0.05, 0.1) is 23.1 Å². The van der Waals surface area contributed by atoms with E-state index in [0.717, 1.165) is 139 Å². The Morgan fingerprint density at radius 3 is 1.34 bits per heavy atom. The van der Waals surface area contributed by atoms with Crippen LogP contribution >= 0.6 is 0 Å². The van der Waals surface area contributed by atoms with E-state index in [9.17, 15) is 0 Å². The minimum Gasteiger partial charge on any atom is -0.456 e. The maximum Gasteiger partial charge on any atom is 0.157 e. The highest BCUT2D eigenvalue weighted by atomic mass is 16.3. The summed E-state index contributed by atoms with van der Waals surface area (Å²) in [7, 11) is 1.93. The van der Waals surface area contributed by atoms with Crippen LogP contribution in [-0.4, -0.2) is 29.8 Å². The molecule has 0 bridgehead atoms. The molecule has 422 valence electrons. The normalized spacial score (nSPS) is 13.1. The van der Waals surface area contributed by atoms with Crippen LogP contribution in [-0.2, 0) is 12.0 Å². The fourth-order valence-electron chi connectivity index (χ4n) is 13.3. The van der Waals surface area contributed by atoms with Crippen molar-refractivity contribution in [3.05, 3.63) is 320 Å². The molecule has 88 heavy (non-hydrogen) atoms. The Labute approximate surface area is 511 Å². The number of rotatable bonds is 14. The van der Waals surface area contributed by atoms with Gasteiger partial charge in [-0.25, -0.2) is 4.99 Å². The number of aromatic nitrogens is 1. The van der Waals surface area contributed by atoms with Crippen molar-refractivity contribution in [1.82, 2.24) is 9.88 Å². The molecule has 3 heterocycles.